The van der Waals surface area contributed by atoms with Gasteiger partial charge in [0.25, 0.3) is 0 Å². The first-order valence-corrected chi connectivity index (χ1v) is 8.71. The molecule has 27 heavy (non-hydrogen) atoms. The summed E-state index contributed by atoms with van der Waals surface area (Å²) >= 11 is 0. The van der Waals surface area contributed by atoms with Crippen molar-refractivity contribution in [2.45, 2.75) is 12.5 Å². The predicted octanol–water partition coefficient (Wildman–Crippen LogP) is 2.96. The van der Waals surface area contributed by atoms with Crippen LogP contribution in [0.1, 0.15) is 5.56 Å². The van der Waals surface area contributed by atoms with E-state index in [9.17, 15) is 5.11 Å². The number of anilines is 3. The molecule has 0 saturated heterocycles. The van der Waals surface area contributed by atoms with Crippen LogP contribution in [0.3, 0.4) is 0 Å². The molecule has 2 heterocycles. The Hall–Kier alpha value is -3.32. The lowest BCUT2D eigenvalue weighted by Gasteiger charge is -2.17. The lowest BCUT2D eigenvalue weighted by molar-refractivity contribution is 0.174. The van der Waals surface area contributed by atoms with Crippen LogP contribution in [0.2, 0.25) is 0 Å². The van der Waals surface area contributed by atoms with Crippen molar-refractivity contribution in [2.75, 3.05) is 24.0 Å². The van der Waals surface area contributed by atoms with Gasteiger partial charge in [-0.25, -0.2) is 4.98 Å². The van der Waals surface area contributed by atoms with Crippen LogP contribution in [0.5, 0.6) is 11.5 Å². The van der Waals surface area contributed by atoms with Gasteiger partial charge in [-0.1, -0.05) is 30.3 Å². The molecule has 0 saturated carbocycles. The average molecular weight is 364 g/mol. The van der Waals surface area contributed by atoms with E-state index < -0.39 is 0 Å². The second-order valence-corrected chi connectivity index (χ2v) is 6.17. The number of hydrogen-bond acceptors (Lipinski definition) is 7. The maximum absolute atomic E-state index is 9.68. The molecule has 0 amide bonds. The van der Waals surface area contributed by atoms with Crippen LogP contribution in [0.15, 0.2) is 60.8 Å². The molecule has 7 nitrogen and oxygen atoms in total. The first kappa shape index (κ1) is 17.1. The summed E-state index contributed by atoms with van der Waals surface area (Å²) < 4.78 is 10.7. The van der Waals surface area contributed by atoms with Gasteiger partial charge < -0.3 is 25.2 Å². The zero-order valence-electron chi connectivity index (χ0n) is 14.6. The minimum Gasteiger partial charge on any atom is -0.454 e. The van der Waals surface area contributed by atoms with Crippen LogP contribution in [-0.2, 0) is 6.42 Å². The normalized spacial score (nSPS) is 13.2. The highest BCUT2D eigenvalue weighted by atomic mass is 16.7. The van der Waals surface area contributed by atoms with Crippen LogP contribution in [-0.4, -0.2) is 34.5 Å². The lowest BCUT2D eigenvalue weighted by Crippen LogP contribution is -2.27. The van der Waals surface area contributed by atoms with E-state index in [0.29, 0.717) is 23.9 Å². The monoisotopic (exact) mass is 364 g/mol. The number of benzene rings is 2. The molecule has 7 heteroatoms. The molecule has 1 aliphatic rings. The van der Waals surface area contributed by atoms with Gasteiger partial charge in [0.15, 0.2) is 11.5 Å². The molecule has 0 fully saturated rings. The summed E-state index contributed by atoms with van der Waals surface area (Å²) in [4.78, 5) is 8.72. The maximum atomic E-state index is 9.68. The molecule has 3 N–H and O–H groups in total. The molecule has 138 valence electrons. The van der Waals surface area contributed by atoms with Gasteiger partial charge in [0.1, 0.15) is 5.82 Å². The fraction of sp³-hybridized carbons (Fsp3) is 0.200. The Balaban J connectivity index is 1.44. The standard InChI is InChI=1S/C20H20N4O3/c25-12-16(10-14-4-2-1-3-5-14)23-20-21-9-8-19(24-20)22-15-6-7-17-18(11-15)27-13-26-17/h1-9,11,16,25H,10,12-13H2,(H2,21,22,23,24). The van der Waals surface area contributed by atoms with Gasteiger partial charge in [0, 0.05) is 18.0 Å². The smallest absolute Gasteiger partial charge is 0.231 e. The van der Waals surface area contributed by atoms with Gasteiger partial charge in [-0.3, -0.25) is 0 Å². The summed E-state index contributed by atoms with van der Waals surface area (Å²) in [7, 11) is 0. The molecule has 0 bridgehead atoms. The highest BCUT2D eigenvalue weighted by Crippen LogP contribution is 2.34. The number of aliphatic hydroxyl groups is 1. The van der Waals surface area contributed by atoms with Gasteiger partial charge in [-0.15, -0.1) is 0 Å². The molecule has 0 spiro atoms. The third kappa shape index (κ3) is 4.27. The number of hydrogen-bond donors (Lipinski definition) is 3. The average Bonchev–Trinajstić information content (AvgIpc) is 3.16. The van der Waals surface area contributed by atoms with E-state index in [1.54, 1.807) is 12.3 Å². The molecular formula is C20H20N4O3. The molecule has 1 atom stereocenters. The van der Waals surface area contributed by atoms with E-state index in [-0.39, 0.29) is 19.4 Å². The predicted molar refractivity (Wildman–Crippen MR) is 103 cm³/mol. The van der Waals surface area contributed by atoms with Crippen LogP contribution >= 0.6 is 0 Å². The maximum Gasteiger partial charge on any atom is 0.231 e. The number of aliphatic hydroxyl groups excluding tert-OH is 1. The first-order valence-electron chi connectivity index (χ1n) is 8.71. The Morgan fingerprint density at radius 1 is 1.04 bits per heavy atom. The van der Waals surface area contributed by atoms with Crippen molar-refractivity contribution >= 4 is 17.5 Å². The minimum atomic E-state index is -0.173. The fourth-order valence-corrected chi connectivity index (χ4v) is 2.86. The summed E-state index contributed by atoms with van der Waals surface area (Å²) in [6.45, 7) is 0.225. The number of fused-ring (bicyclic) bond motifs is 1. The molecular weight excluding hydrogens is 344 g/mol. The molecule has 2 aromatic carbocycles. The van der Waals surface area contributed by atoms with Crippen LogP contribution in [0, 0.1) is 0 Å². The molecule has 0 aliphatic carbocycles. The van der Waals surface area contributed by atoms with E-state index in [0.717, 1.165) is 17.0 Å². The summed E-state index contributed by atoms with van der Waals surface area (Å²) in [5, 5.41) is 16.1. The molecule has 3 aromatic rings. The second-order valence-electron chi connectivity index (χ2n) is 6.17. The van der Waals surface area contributed by atoms with Crippen molar-refractivity contribution in [3.05, 3.63) is 66.4 Å². The van der Waals surface area contributed by atoms with E-state index in [1.165, 1.54) is 0 Å². The van der Waals surface area contributed by atoms with Crippen LogP contribution < -0.4 is 20.1 Å². The number of rotatable bonds is 7. The summed E-state index contributed by atoms with van der Waals surface area (Å²) in [5.74, 6) is 2.53. The van der Waals surface area contributed by atoms with Crippen LogP contribution in [0.25, 0.3) is 0 Å². The van der Waals surface area contributed by atoms with Crippen molar-refractivity contribution in [1.82, 2.24) is 9.97 Å². The molecule has 1 unspecified atom stereocenters. The zero-order chi connectivity index (χ0) is 18.5. The number of nitrogens with one attached hydrogen (secondary N) is 2. The van der Waals surface area contributed by atoms with E-state index in [1.807, 2.05) is 48.5 Å². The Bertz CT molecular complexity index is 905. The first-order chi connectivity index (χ1) is 13.3. The van der Waals surface area contributed by atoms with E-state index in [4.69, 9.17) is 9.47 Å². The topological polar surface area (TPSA) is 88.5 Å². The van der Waals surface area contributed by atoms with Gasteiger partial charge >= 0.3 is 0 Å². The van der Waals surface area contributed by atoms with Crippen molar-refractivity contribution in [2.24, 2.45) is 0 Å². The van der Waals surface area contributed by atoms with Crippen molar-refractivity contribution in [3.8, 4) is 11.5 Å². The quantitative estimate of drug-likeness (QED) is 0.594. The largest absolute Gasteiger partial charge is 0.454 e. The number of nitrogens with zero attached hydrogens (tertiary/aromatic N) is 2. The fourth-order valence-electron chi connectivity index (χ4n) is 2.86. The number of aromatic nitrogens is 2. The van der Waals surface area contributed by atoms with E-state index >= 15 is 0 Å². The Morgan fingerprint density at radius 2 is 1.89 bits per heavy atom. The second kappa shape index (κ2) is 7.92. The van der Waals surface area contributed by atoms with Crippen molar-refractivity contribution in [3.63, 3.8) is 0 Å². The van der Waals surface area contributed by atoms with Crippen molar-refractivity contribution < 1.29 is 14.6 Å². The molecule has 0 radical (unpaired) electrons. The van der Waals surface area contributed by atoms with E-state index in [2.05, 4.69) is 20.6 Å². The summed E-state index contributed by atoms with van der Waals surface area (Å²) in [6.07, 6.45) is 2.35. The van der Waals surface area contributed by atoms with Gasteiger partial charge in [0.2, 0.25) is 12.7 Å². The lowest BCUT2D eigenvalue weighted by atomic mass is 10.1. The molecule has 1 aromatic heterocycles. The molecule has 4 rings (SSSR count). The Kier molecular flexibility index (Phi) is 5.02. The zero-order valence-corrected chi connectivity index (χ0v) is 14.6. The van der Waals surface area contributed by atoms with Gasteiger partial charge in [-0.2, -0.15) is 4.98 Å². The number of ether oxygens (including phenoxy) is 2. The minimum absolute atomic E-state index is 0.0158. The Morgan fingerprint density at radius 3 is 2.74 bits per heavy atom. The van der Waals surface area contributed by atoms with Crippen molar-refractivity contribution in [1.29, 1.82) is 0 Å². The third-order valence-electron chi connectivity index (χ3n) is 4.18. The summed E-state index contributed by atoms with van der Waals surface area (Å²) in [6, 6.07) is 17.2. The summed E-state index contributed by atoms with van der Waals surface area (Å²) in [5.41, 5.74) is 1.98. The highest BCUT2D eigenvalue weighted by Gasteiger charge is 2.14. The molecule has 1 aliphatic heterocycles. The van der Waals surface area contributed by atoms with Crippen LogP contribution in [0.4, 0.5) is 17.5 Å². The third-order valence-corrected chi connectivity index (χ3v) is 4.18. The Labute approximate surface area is 157 Å². The highest BCUT2D eigenvalue weighted by molar-refractivity contribution is 5.62. The SMILES string of the molecule is OCC(Cc1ccccc1)Nc1nccc(Nc2ccc3c(c2)OCO3)n1. The van der Waals surface area contributed by atoms with Gasteiger partial charge in [-0.05, 0) is 30.2 Å². The van der Waals surface area contributed by atoms with Gasteiger partial charge in [0.05, 0.1) is 12.6 Å².